The molecule has 0 saturated heterocycles. The SMILES string of the molecule is O=C(O)C1=CC[C@@H](C(=O)O)NC1. The van der Waals surface area contributed by atoms with Gasteiger partial charge in [0.25, 0.3) is 0 Å². The summed E-state index contributed by atoms with van der Waals surface area (Å²) in [5, 5.41) is 19.6. The topological polar surface area (TPSA) is 86.6 Å². The normalized spacial score (nSPS) is 23.0. The van der Waals surface area contributed by atoms with Gasteiger partial charge in [0.15, 0.2) is 0 Å². The highest BCUT2D eigenvalue weighted by Gasteiger charge is 2.21. The first-order chi connectivity index (χ1) is 5.61. The molecule has 0 spiro atoms. The van der Waals surface area contributed by atoms with Crippen molar-refractivity contribution in [3.63, 3.8) is 0 Å². The molecular weight excluding hydrogens is 162 g/mol. The van der Waals surface area contributed by atoms with E-state index in [2.05, 4.69) is 5.32 Å². The van der Waals surface area contributed by atoms with Crippen LogP contribution in [0.3, 0.4) is 0 Å². The third-order valence-electron chi connectivity index (χ3n) is 1.71. The molecule has 1 atom stereocenters. The second-order valence-corrected chi connectivity index (χ2v) is 2.54. The van der Waals surface area contributed by atoms with Crippen LogP contribution in [0.25, 0.3) is 0 Å². The molecule has 12 heavy (non-hydrogen) atoms. The Morgan fingerprint density at radius 1 is 1.50 bits per heavy atom. The van der Waals surface area contributed by atoms with E-state index in [1.165, 1.54) is 6.08 Å². The number of hydrogen-bond acceptors (Lipinski definition) is 3. The first kappa shape index (κ1) is 8.73. The Kier molecular flexibility index (Phi) is 2.44. The standard InChI is InChI=1S/C7H9NO4/c9-6(10)4-1-2-5(7(11)12)8-3-4/h1,5,8H,2-3H2,(H,9,10)(H,11,12)/t5-/m0/s1. The predicted molar refractivity (Wildman–Crippen MR) is 39.8 cm³/mol. The highest BCUT2D eigenvalue weighted by molar-refractivity contribution is 5.88. The smallest absolute Gasteiger partial charge is 0.332 e. The van der Waals surface area contributed by atoms with Crippen molar-refractivity contribution in [3.8, 4) is 0 Å². The lowest BCUT2D eigenvalue weighted by Crippen LogP contribution is -2.41. The Morgan fingerprint density at radius 2 is 2.17 bits per heavy atom. The molecule has 5 heteroatoms. The number of carboxylic acids is 2. The average molecular weight is 171 g/mol. The second kappa shape index (κ2) is 3.36. The molecule has 0 aromatic carbocycles. The summed E-state index contributed by atoms with van der Waals surface area (Å²) in [5.74, 6) is -1.94. The maximum absolute atomic E-state index is 10.4. The molecule has 3 N–H and O–H groups in total. The van der Waals surface area contributed by atoms with E-state index in [1.807, 2.05) is 0 Å². The van der Waals surface area contributed by atoms with Gasteiger partial charge in [0.05, 0.1) is 0 Å². The van der Waals surface area contributed by atoms with Crippen molar-refractivity contribution in [2.45, 2.75) is 12.5 Å². The molecule has 0 bridgehead atoms. The van der Waals surface area contributed by atoms with Crippen LogP contribution in [0.15, 0.2) is 11.6 Å². The van der Waals surface area contributed by atoms with Crippen LogP contribution in [0, 0.1) is 0 Å². The van der Waals surface area contributed by atoms with E-state index in [0.29, 0.717) is 0 Å². The number of aliphatic carboxylic acids is 2. The molecule has 66 valence electrons. The van der Waals surface area contributed by atoms with Crippen LogP contribution < -0.4 is 5.32 Å². The quantitative estimate of drug-likeness (QED) is 0.518. The summed E-state index contributed by atoms with van der Waals surface area (Å²) in [5.41, 5.74) is 0.229. The fourth-order valence-corrected chi connectivity index (χ4v) is 1.000. The highest BCUT2D eigenvalue weighted by atomic mass is 16.4. The second-order valence-electron chi connectivity index (χ2n) is 2.54. The van der Waals surface area contributed by atoms with Gasteiger partial charge in [-0.05, 0) is 6.42 Å². The first-order valence-corrected chi connectivity index (χ1v) is 3.50. The molecule has 0 fully saturated rings. The van der Waals surface area contributed by atoms with Crippen LogP contribution in [0.4, 0.5) is 0 Å². The van der Waals surface area contributed by atoms with Gasteiger partial charge in [-0.25, -0.2) is 4.79 Å². The maximum atomic E-state index is 10.4. The monoisotopic (exact) mass is 171 g/mol. The molecule has 1 aliphatic heterocycles. The molecule has 0 saturated carbocycles. The zero-order valence-corrected chi connectivity index (χ0v) is 6.28. The van der Waals surface area contributed by atoms with Gasteiger partial charge in [0.1, 0.15) is 6.04 Å². The van der Waals surface area contributed by atoms with Gasteiger partial charge >= 0.3 is 11.9 Å². The molecule has 0 aromatic rings. The summed E-state index contributed by atoms with van der Waals surface area (Å²) in [7, 11) is 0. The summed E-state index contributed by atoms with van der Waals surface area (Å²) in [6, 6.07) is -0.645. The Hall–Kier alpha value is -1.36. The molecule has 0 aliphatic carbocycles. The molecule has 1 rings (SSSR count). The minimum Gasteiger partial charge on any atom is -0.480 e. The molecule has 0 amide bonds. The van der Waals surface area contributed by atoms with Crippen LogP contribution in [0.1, 0.15) is 6.42 Å². The third kappa shape index (κ3) is 1.82. The van der Waals surface area contributed by atoms with Gasteiger partial charge < -0.3 is 10.2 Å². The van der Waals surface area contributed by atoms with Crippen molar-refractivity contribution in [1.82, 2.24) is 5.32 Å². The number of nitrogens with one attached hydrogen (secondary N) is 1. The molecule has 1 aliphatic rings. The minimum absolute atomic E-state index is 0.117. The maximum Gasteiger partial charge on any atom is 0.332 e. The van der Waals surface area contributed by atoms with Crippen LogP contribution in [0.5, 0.6) is 0 Å². The van der Waals surface area contributed by atoms with E-state index < -0.39 is 18.0 Å². The molecule has 1 heterocycles. The Balaban J connectivity index is 2.59. The highest BCUT2D eigenvalue weighted by Crippen LogP contribution is 2.06. The zero-order valence-electron chi connectivity index (χ0n) is 6.28. The number of carbonyl (C=O) groups is 2. The summed E-state index contributed by atoms with van der Waals surface area (Å²) in [6.07, 6.45) is 1.68. The van der Waals surface area contributed by atoms with E-state index in [4.69, 9.17) is 10.2 Å². The zero-order chi connectivity index (χ0) is 9.14. The van der Waals surface area contributed by atoms with Crippen LogP contribution in [-0.4, -0.2) is 34.7 Å². The summed E-state index contributed by atoms with van der Waals surface area (Å²) >= 11 is 0. The summed E-state index contributed by atoms with van der Waals surface area (Å²) in [6.45, 7) is 0.117. The molecule has 0 unspecified atom stereocenters. The lowest BCUT2D eigenvalue weighted by Gasteiger charge is -2.17. The fraction of sp³-hybridized carbons (Fsp3) is 0.429. The number of rotatable bonds is 2. The van der Waals surface area contributed by atoms with Crippen molar-refractivity contribution in [2.24, 2.45) is 0 Å². The van der Waals surface area contributed by atoms with Crippen LogP contribution >= 0.6 is 0 Å². The van der Waals surface area contributed by atoms with Gasteiger partial charge in [-0.1, -0.05) is 6.08 Å². The minimum atomic E-state index is -0.994. The van der Waals surface area contributed by atoms with Gasteiger partial charge in [-0.2, -0.15) is 0 Å². The fourth-order valence-electron chi connectivity index (χ4n) is 1.000. The van der Waals surface area contributed by atoms with Gasteiger partial charge in [-0.3, -0.25) is 10.1 Å². The molecule has 0 aromatic heterocycles. The molecule has 0 radical (unpaired) electrons. The molecule has 5 nitrogen and oxygen atoms in total. The van der Waals surface area contributed by atoms with E-state index >= 15 is 0 Å². The van der Waals surface area contributed by atoms with E-state index in [0.717, 1.165) is 0 Å². The first-order valence-electron chi connectivity index (χ1n) is 3.50. The Labute approximate surface area is 68.7 Å². The van der Waals surface area contributed by atoms with Crippen molar-refractivity contribution in [3.05, 3.63) is 11.6 Å². The van der Waals surface area contributed by atoms with E-state index in [1.54, 1.807) is 0 Å². The van der Waals surface area contributed by atoms with Gasteiger partial charge in [0.2, 0.25) is 0 Å². The summed E-state index contributed by atoms with van der Waals surface area (Å²) < 4.78 is 0. The Bertz CT molecular complexity index is 246. The lowest BCUT2D eigenvalue weighted by atomic mass is 10.1. The third-order valence-corrected chi connectivity index (χ3v) is 1.71. The van der Waals surface area contributed by atoms with Crippen LogP contribution in [0.2, 0.25) is 0 Å². The van der Waals surface area contributed by atoms with Gasteiger partial charge in [-0.15, -0.1) is 0 Å². The number of hydrogen-bond donors (Lipinski definition) is 3. The van der Waals surface area contributed by atoms with E-state index in [9.17, 15) is 9.59 Å². The predicted octanol–water partition coefficient (Wildman–Crippen LogP) is -0.556. The molecular formula is C7H9NO4. The van der Waals surface area contributed by atoms with Crippen LogP contribution in [-0.2, 0) is 9.59 Å². The van der Waals surface area contributed by atoms with Crippen molar-refractivity contribution >= 4 is 11.9 Å². The van der Waals surface area contributed by atoms with E-state index in [-0.39, 0.29) is 18.5 Å². The van der Waals surface area contributed by atoms with Gasteiger partial charge in [0, 0.05) is 12.1 Å². The Morgan fingerprint density at radius 3 is 2.50 bits per heavy atom. The van der Waals surface area contributed by atoms with Crippen molar-refractivity contribution < 1.29 is 19.8 Å². The number of carboxylic acid groups (broad SMARTS) is 2. The van der Waals surface area contributed by atoms with Crippen molar-refractivity contribution in [1.29, 1.82) is 0 Å². The lowest BCUT2D eigenvalue weighted by molar-refractivity contribution is -0.140. The largest absolute Gasteiger partial charge is 0.480 e. The van der Waals surface area contributed by atoms with Crippen molar-refractivity contribution in [2.75, 3.05) is 6.54 Å². The average Bonchev–Trinajstić information content (AvgIpc) is 2.04. The summed E-state index contributed by atoms with van der Waals surface area (Å²) in [4.78, 5) is 20.8.